The summed E-state index contributed by atoms with van der Waals surface area (Å²) in [5, 5.41) is 0. The standard InChI is InChI=1S/C15H28O4Si/c1-5-17-20(11(2)3,19-12(4)16)9-8-13-6-7-14-15(10-13)18-14/h11,13-15H,5-10H2,1-4H3. The number of hydrogen-bond acceptors (Lipinski definition) is 4. The number of rotatable bonds is 7. The Bertz CT molecular complexity index is 347. The van der Waals surface area contributed by atoms with Gasteiger partial charge in [0.05, 0.1) is 12.2 Å². The van der Waals surface area contributed by atoms with Gasteiger partial charge < -0.3 is 13.6 Å². The van der Waals surface area contributed by atoms with Gasteiger partial charge in [0.15, 0.2) is 0 Å². The molecular weight excluding hydrogens is 272 g/mol. The Kier molecular flexibility index (Phi) is 5.26. The highest BCUT2D eigenvalue weighted by Gasteiger charge is 2.47. The Morgan fingerprint density at radius 2 is 2.10 bits per heavy atom. The quantitative estimate of drug-likeness (QED) is 0.534. The molecular formula is C15H28O4Si. The first-order valence-corrected chi connectivity index (χ1v) is 10.1. The van der Waals surface area contributed by atoms with Crippen molar-refractivity contribution in [2.45, 2.75) is 77.2 Å². The predicted molar refractivity (Wildman–Crippen MR) is 79.7 cm³/mol. The van der Waals surface area contributed by atoms with E-state index in [1.807, 2.05) is 6.92 Å². The third-order valence-corrected chi connectivity index (χ3v) is 8.75. The third kappa shape index (κ3) is 3.83. The molecule has 116 valence electrons. The van der Waals surface area contributed by atoms with E-state index in [2.05, 4.69) is 13.8 Å². The molecule has 2 fully saturated rings. The lowest BCUT2D eigenvalue weighted by Gasteiger charge is -2.34. The molecule has 1 heterocycles. The van der Waals surface area contributed by atoms with Crippen molar-refractivity contribution in [2.24, 2.45) is 5.92 Å². The maximum Gasteiger partial charge on any atom is 0.404 e. The van der Waals surface area contributed by atoms with Crippen molar-refractivity contribution >= 4 is 14.5 Å². The second-order valence-corrected chi connectivity index (χ2v) is 10.2. The molecule has 0 radical (unpaired) electrons. The number of hydrogen-bond donors (Lipinski definition) is 0. The van der Waals surface area contributed by atoms with Gasteiger partial charge in [0.1, 0.15) is 0 Å². The lowest BCUT2D eigenvalue weighted by atomic mass is 9.88. The highest BCUT2D eigenvalue weighted by Crippen LogP contribution is 2.42. The van der Waals surface area contributed by atoms with Crippen LogP contribution in [-0.4, -0.2) is 33.3 Å². The largest absolute Gasteiger partial charge is 0.494 e. The monoisotopic (exact) mass is 300 g/mol. The van der Waals surface area contributed by atoms with E-state index in [0.29, 0.717) is 30.3 Å². The number of ether oxygens (including phenoxy) is 1. The molecule has 5 heteroatoms. The van der Waals surface area contributed by atoms with Crippen molar-refractivity contribution in [3.8, 4) is 0 Å². The van der Waals surface area contributed by atoms with Gasteiger partial charge >= 0.3 is 8.56 Å². The number of epoxide rings is 1. The van der Waals surface area contributed by atoms with Crippen molar-refractivity contribution in [3.05, 3.63) is 0 Å². The molecule has 20 heavy (non-hydrogen) atoms. The van der Waals surface area contributed by atoms with Crippen molar-refractivity contribution in [1.29, 1.82) is 0 Å². The molecule has 4 unspecified atom stereocenters. The third-order valence-electron chi connectivity index (χ3n) is 4.60. The topological polar surface area (TPSA) is 48.1 Å². The zero-order valence-corrected chi connectivity index (χ0v) is 14.2. The molecule has 0 aromatic carbocycles. The first-order valence-electron chi connectivity index (χ1n) is 7.96. The van der Waals surface area contributed by atoms with E-state index in [0.717, 1.165) is 12.5 Å². The average Bonchev–Trinajstić information content (AvgIpc) is 3.13. The van der Waals surface area contributed by atoms with Gasteiger partial charge in [-0.15, -0.1) is 0 Å². The summed E-state index contributed by atoms with van der Waals surface area (Å²) in [4.78, 5) is 11.5. The van der Waals surface area contributed by atoms with E-state index in [1.54, 1.807) is 0 Å². The van der Waals surface area contributed by atoms with Gasteiger partial charge in [-0.3, -0.25) is 4.79 Å². The Morgan fingerprint density at radius 1 is 1.35 bits per heavy atom. The molecule has 1 aliphatic heterocycles. The normalized spacial score (nSPS) is 31.6. The molecule has 0 spiro atoms. The molecule has 0 N–H and O–H groups in total. The van der Waals surface area contributed by atoms with Gasteiger partial charge in [-0.2, -0.15) is 0 Å². The summed E-state index contributed by atoms with van der Waals surface area (Å²) in [6.45, 7) is 8.33. The maximum atomic E-state index is 11.5. The van der Waals surface area contributed by atoms with Gasteiger partial charge in [-0.25, -0.2) is 0 Å². The predicted octanol–water partition coefficient (Wildman–Crippen LogP) is 3.40. The summed E-state index contributed by atoms with van der Waals surface area (Å²) >= 11 is 0. The first-order chi connectivity index (χ1) is 9.47. The zero-order valence-electron chi connectivity index (χ0n) is 13.2. The van der Waals surface area contributed by atoms with Crippen molar-refractivity contribution in [3.63, 3.8) is 0 Å². The van der Waals surface area contributed by atoms with Gasteiger partial charge in [0, 0.05) is 25.1 Å². The van der Waals surface area contributed by atoms with Crippen LogP contribution >= 0.6 is 0 Å². The average molecular weight is 300 g/mol. The fraction of sp³-hybridized carbons (Fsp3) is 0.933. The molecule has 0 aromatic heterocycles. The molecule has 2 aliphatic rings. The van der Waals surface area contributed by atoms with Gasteiger partial charge in [-0.1, -0.05) is 13.8 Å². The molecule has 4 nitrogen and oxygen atoms in total. The maximum absolute atomic E-state index is 11.5. The fourth-order valence-electron chi connectivity index (χ4n) is 3.37. The van der Waals surface area contributed by atoms with Crippen LogP contribution in [0, 0.1) is 5.92 Å². The highest BCUT2D eigenvalue weighted by molar-refractivity contribution is 6.70. The molecule has 4 atom stereocenters. The number of carbonyl (C=O) groups is 1. The molecule has 0 amide bonds. The Labute approximate surface area is 123 Å². The molecule has 1 saturated heterocycles. The minimum absolute atomic E-state index is 0.201. The second-order valence-electron chi connectivity index (χ2n) is 6.42. The van der Waals surface area contributed by atoms with E-state index in [4.69, 9.17) is 13.6 Å². The van der Waals surface area contributed by atoms with Crippen LogP contribution in [0.25, 0.3) is 0 Å². The van der Waals surface area contributed by atoms with Crippen LogP contribution in [0.5, 0.6) is 0 Å². The molecule has 0 aromatic rings. The lowest BCUT2D eigenvalue weighted by Crippen LogP contribution is -2.47. The van der Waals surface area contributed by atoms with Gasteiger partial charge in [-0.05, 0) is 38.5 Å². The fourth-order valence-corrected chi connectivity index (χ4v) is 6.61. The summed E-state index contributed by atoms with van der Waals surface area (Å²) in [5.41, 5.74) is 0.292. The highest BCUT2D eigenvalue weighted by atomic mass is 28.4. The van der Waals surface area contributed by atoms with E-state index in [1.165, 1.54) is 26.2 Å². The van der Waals surface area contributed by atoms with Crippen LogP contribution in [0.4, 0.5) is 0 Å². The SMILES string of the molecule is CCO[Si](CCC1CCC2OC2C1)(OC(C)=O)C(C)C. The van der Waals surface area contributed by atoms with Crippen LogP contribution in [0.1, 0.15) is 53.4 Å². The molecule has 0 bridgehead atoms. The van der Waals surface area contributed by atoms with Crippen LogP contribution in [0.15, 0.2) is 0 Å². The summed E-state index contributed by atoms with van der Waals surface area (Å²) in [6.07, 6.45) is 5.80. The van der Waals surface area contributed by atoms with Crippen LogP contribution in [0.3, 0.4) is 0 Å². The zero-order chi connectivity index (χ0) is 14.8. The van der Waals surface area contributed by atoms with Crippen LogP contribution in [-0.2, 0) is 18.4 Å². The van der Waals surface area contributed by atoms with Crippen molar-refractivity contribution in [2.75, 3.05) is 6.61 Å². The first kappa shape index (κ1) is 16.0. The van der Waals surface area contributed by atoms with E-state index >= 15 is 0 Å². The molecule has 2 rings (SSSR count). The number of carbonyl (C=O) groups excluding carboxylic acids is 1. The van der Waals surface area contributed by atoms with Crippen LogP contribution in [0.2, 0.25) is 11.6 Å². The lowest BCUT2D eigenvalue weighted by molar-refractivity contribution is -0.134. The summed E-state index contributed by atoms with van der Waals surface area (Å²) in [6, 6.07) is 0.917. The van der Waals surface area contributed by atoms with Crippen LogP contribution < -0.4 is 0 Å². The van der Waals surface area contributed by atoms with E-state index in [9.17, 15) is 4.79 Å². The van der Waals surface area contributed by atoms with Crippen molar-refractivity contribution in [1.82, 2.24) is 0 Å². The van der Waals surface area contributed by atoms with Crippen molar-refractivity contribution < 1.29 is 18.4 Å². The number of fused-ring (bicyclic) bond motifs is 1. The Balaban J connectivity index is 1.92. The minimum atomic E-state index is -2.42. The van der Waals surface area contributed by atoms with E-state index in [-0.39, 0.29) is 5.97 Å². The van der Waals surface area contributed by atoms with Gasteiger partial charge in [0.25, 0.3) is 5.97 Å². The second kappa shape index (κ2) is 6.58. The Morgan fingerprint density at radius 3 is 2.65 bits per heavy atom. The summed E-state index contributed by atoms with van der Waals surface area (Å²) < 4.78 is 17.3. The minimum Gasteiger partial charge on any atom is -0.494 e. The van der Waals surface area contributed by atoms with Gasteiger partial charge in [0.2, 0.25) is 0 Å². The smallest absolute Gasteiger partial charge is 0.404 e. The molecule has 1 saturated carbocycles. The molecule has 1 aliphatic carbocycles. The Hall–Kier alpha value is -0.393. The van der Waals surface area contributed by atoms with E-state index < -0.39 is 8.56 Å². The summed E-state index contributed by atoms with van der Waals surface area (Å²) in [5.74, 6) is 0.508. The summed E-state index contributed by atoms with van der Waals surface area (Å²) in [7, 11) is -2.42.